The first-order valence-corrected chi connectivity index (χ1v) is 6.49. The van der Waals surface area contributed by atoms with Crippen molar-refractivity contribution in [2.45, 2.75) is 12.8 Å². The van der Waals surface area contributed by atoms with Gasteiger partial charge in [-0.3, -0.25) is 19.9 Å². The van der Waals surface area contributed by atoms with Crippen molar-refractivity contribution in [3.63, 3.8) is 0 Å². The molecule has 108 valence electrons. The Morgan fingerprint density at radius 3 is 2.67 bits per heavy atom. The topological polar surface area (TPSA) is 76.3 Å². The molecule has 0 N–H and O–H groups in total. The van der Waals surface area contributed by atoms with E-state index in [0.29, 0.717) is 12.2 Å². The van der Waals surface area contributed by atoms with Crippen molar-refractivity contribution in [3.05, 3.63) is 64.5 Å². The number of anilines is 1. The summed E-state index contributed by atoms with van der Waals surface area (Å²) >= 11 is 0. The summed E-state index contributed by atoms with van der Waals surface area (Å²) in [6.45, 7) is 2.28. The first kappa shape index (κ1) is 14.6. The lowest BCUT2D eigenvalue weighted by molar-refractivity contribution is -0.385. The van der Waals surface area contributed by atoms with Crippen LogP contribution in [0.3, 0.4) is 0 Å². The van der Waals surface area contributed by atoms with Crippen LogP contribution in [0.25, 0.3) is 0 Å². The first-order chi connectivity index (χ1) is 10.1. The van der Waals surface area contributed by atoms with Gasteiger partial charge in [-0.05, 0) is 12.1 Å². The van der Waals surface area contributed by atoms with Crippen LogP contribution in [0.2, 0.25) is 0 Å². The van der Waals surface area contributed by atoms with Gasteiger partial charge in [0.1, 0.15) is 0 Å². The van der Waals surface area contributed by atoms with Crippen molar-refractivity contribution < 1.29 is 9.72 Å². The molecule has 0 aliphatic heterocycles. The molecule has 1 amide bonds. The van der Waals surface area contributed by atoms with Crippen molar-refractivity contribution in [1.82, 2.24) is 4.98 Å². The van der Waals surface area contributed by atoms with Crippen LogP contribution in [-0.2, 0) is 4.79 Å². The highest BCUT2D eigenvalue weighted by atomic mass is 16.6. The Bertz CT molecular complexity index is 631. The maximum absolute atomic E-state index is 11.2. The van der Waals surface area contributed by atoms with Gasteiger partial charge < -0.3 is 4.90 Å². The van der Waals surface area contributed by atoms with Crippen LogP contribution in [0.15, 0.2) is 48.7 Å². The summed E-state index contributed by atoms with van der Waals surface area (Å²) in [5.41, 5.74) is 1.38. The largest absolute Gasteiger partial charge is 0.314 e. The molecule has 0 fully saturated rings. The fraction of sp³-hybridized carbons (Fsp3) is 0.200. The number of nitro groups is 1. The fourth-order valence-corrected chi connectivity index (χ4v) is 2.04. The van der Waals surface area contributed by atoms with Crippen LogP contribution in [0.1, 0.15) is 18.5 Å². The monoisotopic (exact) mass is 285 g/mol. The Balaban J connectivity index is 2.16. The fourth-order valence-electron chi connectivity index (χ4n) is 2.04. The molecule has 0 saturated heterocycles. The van der Waals surface area contributed by atoms with E-state index in [4.69, 9.17) is 0 Å². The van der Waals surface area contributed by atoms with E-state index < -0.39 is 4.92 Å². The number of aromatic nitrogens is 1. The maximum Gasteiger partial charge on any atom is 0.272 e. The predicted octanol–water partition coefficient (Wildman–Crippen LogP) is 2.76. The molecular formula is C15H15N3O3. The number of nitrogens with zero attached hydrogens (tertiary/aromatic N) is 3. The van der Waals surface area contributed by atoms with Crippen LogP contribution in [0.5, 0.6) is 0 Å². The third-order valence-corrected chi connectivity index (χ3v) is 3.17. The maximum atomic E-state index is 11.2. The summed E-state index contributed by atoms with van der Waals surface area (Å²) in [4.78, 5) is 27.3. The van der Waals surface area contributed by atoms with E-state index in [2.05, 4.69) is 4.98 Å². The zero-order valence-corrected chi connectivity index (χ0v) is 11.5. The van der Waals surface area contributed by atoms with E-state index in [9.17, 15) is 14.9 Å². The number of para-hydroxylation sites is 1. The van der Waals surface area contributed by atoms with Gasteiger partial charge in [0.2, 0.25) is 6.41 Å². The van der Waals surface area contributed by atoms with Gasteiger partial charge in [0.25, 0.3) is 5.69 Å². The minimum absolute atomic E-state index is 0.00390. The van der Waals surface area contributed by atoms with E-state index in [1.54, 1.807) is 4.90 Å². The van der Waals surface area contributed by atoms with Crippen molar-refractivity contribution in [3.8, 4) is 0 Å². The molecular weight excluding hydrogens is 270 g/mol. The number of hydrogen-bond donors (Lipinski definition) is 0. The number of hydrogen-bond acceptors (Lipinski definition) is 4. The summed E-state index contributed by atoms with van der Waals surface area (Å²) in [7, 11) is 0. The molecule has 0 bridgehead atoms. The molecule has 0 aliphatic rings. The average Bonchev–Trinajstić information content (AvgIpc) is 2.53. The standard InChI is InChI=1S/C15H15N3O3/c1-12(15-9-14(18(20)21)7-8-16-15)10-17(11-19)13-5-3-2-4-6-13/h2-9,11-12H,10H2,1H3. The second-order valence-electron chi connectivity index (χ2n) is 4.69. The number of amides is 1. The zero-order chi connectivity index (χ0) is 15.2. The molecule has 1 aromatic heterocycles. The Morgan fingerprint density at radius 1 is 1.33 bits per heavy atom. The highest BCUT2D eigenvalue weighted by molar-refractivity contribution is 5.75. The summed E-state index contributed by atoms with van der Waals surface area (Å²) in [6.07, 6.45) is 2.17. The number of carbonyl (C=O) groups excluding carboxylic acids is 1. The van der Waals surface area contributed by atoms with Crippen molar-refractivity contribution in [2.24, 2.45) is 0 Å². The van der Waals surface area contributed by atoms with E-state index in [0.717, 1.165) is 12.1 Å². The highest BCUT2D eigenvalue weighted by Crippen LogP contribution is 2.21. The molecule has 6 heteroatoms. The minimum Gasteiger partial charge on any atom is -0.314 e. The van der Waals surface area contributed by atoms with E-state index in [-0.39, 0.29) is 11.6 Å². The van der Waals surface area contributed by atoms with Crippen molar-refractivity contribution in [2.75, 3.05) is 11.4 Å². The van der Waals surface area contributed by atoms with Crippen LogP contribution >= 0.6 is 0 Å². The Labute approximate surface area is 122 Å². The second kappa shape index (κ2) is 6.60. The number of pyridine rings is 1. The molecule has 1 unspecified atom stereocenters. The van der Waals surface area contributed by atoms with Crippen LogP contribution < -0.4 is 4.90 Å². The molecule has 0 aliphatic carbocycles. The Morgan fingerprint density at radius 2 is 2.05 bits per heavy atom. The van der Waals surface area contributed by atoms with Gasteiger partial charge in [-0.2, -0.15) is 0 Å². The SMILES string of the molecule is CC(CN(C=O)c1ccccc1)c1cc([N+](=O)[O-])ccn1. The third-order valence-electron chi connectivity index (χ3n) is 3.17. The summed E-state index contributed by atoms with van der Waals surface area (Å²) in [5, 5.41) is 10.8. The molecule has 6 nitrogen and oxygen atoms in total. The third kappa shape index (κ3) is 3.62. The van der Waals surface area contributed by atoms with Gasteiger partial charge >= 0.3 is 0 Å². The zero-order valence-electron chi connectivity index (χ0n) is 11.5. The molecule has 0 spiro atoms. The van der Waals surface area contributed by atoms with Gasteiger partial charge in [0.15, 0.2) is 0 Å². The smallest absolute Gasteiger partial charge is 0.272 e. The molecule has 0 saturated carbocycles. The minimum atomic E-state index is -0.452. The highest BCUT2D eigenvalue weighted by Gasteiger charge is 2.16. The van der Waals surface area contributed by atoms with E-state index in [1.165, 1.54) is 18.3 Å². The lowest BCUT2D eigenvalue weighted by Gasteiger charge is -2.21. The van der Waals surface area contributed by atoms with Gasteiger partial charge in [-0.15, -0.1) is 0 Å². The summed E-state index contributed by atoms with van der Waals surface area (Å²) in [5.74, 6) is -0.115. The molecule has 1 aromatic carbocycles. The summed E-state index contributed by atoms with van der Waals surface area (Å²) in [6, 6.07) is 12.0. The molecule has 2 rings (SSSR count). The van der Waals surface area contributed by atoms with Crippen LogP contribution in [-0.4, -0.2) is 22.9 Å². The number of benzene rings is 1. The lowest BCUT2D eigenvalue weighted by Crippen LogP contribution is -2.26. The van der Waals surface area contributed by atoms with Crippen LogP contribution in [0, 0.1) is 10.1 Å². The lowest BCUT2D eigenvalue weighted by atomic mass is 10.1. The van der Waals surface area contributed by atoms with Crippen molar-refractivity contribution in [1.29, 1.82) is 0 Å². The Hall–Kier alpha value is -2.76. The molecule has 0 radical (unpaired) electrons. The van der Waals surface area contributed by atoms with Crippen molar-refractivity contribution >= 4 is 17.8 Å². The van der Waals surface area contributed by atoms with Gasteiger partial charge in [0, 0.05) is 36.5 Å². The first-order valence-electron chi connectivity index (χ1n) is 6.49. The van der Waals surface area contributed by atoms with Gasteiger partial charge in [0.05, 0.1) is 10.6 Å². The number of carbonyl (C=O) groups is 1. The van der Waals surface area contributed by atoms with E-state index in [1.807, 2.05) is 37.3 Å². The molecule has 2 aromatic rings. The molecule has 21 heavy (non-hydrogen) atoms. The molecule has 1 heterocycles. The van der Waals surface area contributed by atoms with E-state index >= 15 is 0 Å². The quantitative estimate of drug-likeness (QED) is 0.464. The average molecular weight is 285 g/mol. The summed E-state index contributed by atoms with van der Waals surface area (Å²) < 4.78 is 0. The second-order valence-corrected chi connectivity index (χ2v) is 4.69. The van der Waals surface area contributed by atoms with Crippen LogP contribution in [0.4, 0.5) is 11.4 Å². The Kier molecular flexibility index (Phi) is 4.61. The van der Waals surface area contributed by atoms with Gasteiger partial charge in [-0.1, -0.05) is 25.1 Å². The number of rotatable bonds is 6. The van der Waals surface area contributed by atoms with Gasteiger partial charge in [-0.25, -0.2) is 0 Å². The molecule has 1 atom stereocenters. The normalized spacial score (nSPS) is 11.7. The predicted molar refractivity (Wildman–Crippen MR) is 79.2 cm³/mol.